The molecular formula is C13H25N3O3. The van der Waals surface area contributed by atoms with Crippen molar-refractivity contribution in [3.63, 3.8) is 0 Å². The van der Waals surface area contributed by atoms with Crippen molar-refractivity contribution in [1.29, 1.82) is 0 Å². The summed E-state index contributed by atoms with van der Waals surface area (Å²) in [6, 6.07) is 0.0778. The number of hydrogen-bond donors (Lipinski definition) is 0. The van der Waals surface area contributed by atoms with Crippen molar-refractivity contribution in [2.75, 3.05) is 53.0 Å². The van der Waals surface area contributed by atoms with E-state index in [1.807, 2.05) is 28.5 Å². The van der Waals surface area contributed by atoms with Crippen LogP contribution in [-0.2, 0) is 9.53 Å². The zero-order valence-electron chi connectivity index (χ0n) is 12.2. The maximum atomic E-state index is 12.1. The summed E-state index contributed by atoms with van der Waals surface area (Å²) in [6.07, 6.45) is 0.417. The second-order valence-electron chi connectivity index (χ2n) is 4.57. The maximum Gasteiger partial charge on any atom is 0.320 e. The van der Waals surface area contributed by atoms with Gasteiger partial charge in [-0.15, -0.1) is 0 Å². The van der Waals surface area contributed by atoms with Gasteiger partial charge in [-0.25, -0.2) is 4.79 Å². The first-order chi connectivity index (χ1) is 9.13. The van der Waals surface area contributed by atoms with Gasteiger partial charge >= 0.3 is 6.03 Å². The first kappa shape index (κ1) is 15.8. The van der Waals surface area contributed by atoms with Crippen LogP contribution in [0.5, 0.6) is 0 Å². The molecule has 0 aliphatic carbocycles. The van der Waals surface area contributed by atoms with Gasteiger partial charge in [0, 0.05) is 46.4 Å². The topological polar surface area (TPSA) is 53.1 Å². The molecule has 6 nitrogen and oxygen atoms in total. The average Bonchev–Trinajstić information content (AvgIpc) is 2.46. The second-order valence-corrected chi connectivity index (χ2v) is 4.57. The highest BCUT2D eigenvalue weighted by molar-refractivity contribution is 5.77. The summed E-state index contributed by atoms with van der Waals surface area (Å²) in [5.41, 5.74) is 0. The third-order valence-corrected chi connectivity index (χ3v) is 3.46. The molecule has 3 amide bonds. The lowest BCUT2D eigenvalue weighted by Gasteiger charge is -2.37. The number of rotatable bonds is 5. The van der Waals surface area contributed by atoms with E-state index in [0.29, 0.717) is 39.2 Å². The van der Waals surface area contributed by atoms with Crippen molar-refractivity contribution in [2.24, 2.45) is 0 Å². The average molecular weight is 271 g/mol. The number of nitrogens with zero attached hydrogens (tertiary/aromatic N) is 3. The van der Waals surface area contributed by atoms with Crippen LogP contribution < -0.4 is 0 Å². The Morgan fingerprint density at radius 1 is 1.05 bits per heavy atom. The number of carbonyl (C=O) groups is 2. The lowest BCUT2D eigenvalue weighted by Crippen LogP contribution is -2.54. The van der Waals surface area contributed by atoms with Crippen molar-refractivity contribution in [1.82, 2.24) is 14.7 Å². The third kappa shape index (κ3) is 4.38. The molecule has 1 fully saturated rings. The van der Waals surface area contributed by atoms with Gasteiger partial charge in [0.1, 0.15) is 0 Å². The Kier molecular flexibility index (Phi) is 6.62. The summed E-state index contributed by atoms with van der Waals surface area (Å²) in [5, 5.41) is 0. The van der Waals surface area contributed by atoms with E-state index in [2.05, 4.69) is 0 Å². The number of methoxy groups -OCH3 is 1. The maximum absolute atomic E-state index is 12.1. The number of piperazine rings is 1. The third-order valence-electron chi connectivity index (χ3n) is 3.46. The van der Waals surface area contributed by atoms with Crippen LogP contribution in [0.3, 0.4) is 0 Å². The molecule has 0 spiro atoms. The number of urea groups is 1. The zero-order chi connectivity index (χ0) is 14.3. The number of hydrogen-bond acceptors (Lipinski definition) is 3. The molecule has 110 valence electrons. The highest BCUT2D eigenvalue weighted by Crippen LogP contribution is 2.07. The van der Waals surface area contributed by atoms with Crippen molar-refractivity contribution < 1.29 is 14.3 Å². The minimum atomic E-state index is 0.0778. The summed E-state index contributed by atoms with van der Waals surface area (Å²) in [5.74, 6) is 0.108. The minimum absolute atomic E-state index is 0.0778. The first-order valence-corrected chi connectivity index (χ1v) is 6.94. The number of amides is 3. The fourth-order valence-corrected chi connectivity index (χ4v) is 2.19. The van der Waals surface area contributed by atoms with Crippen LogP contribution in [0.1, 0.15) is 20.3 Å². The van der Waals surface area contributed by atoms with Crippen LogP contribution in [0.15, 0.2) is 0 Å². The Bertz CT molecular complexity index is 298. The van der Waals surface area contributed by atoms with Crippen LogP contribution in [0, 0.1) is 0 Å². The molecule has 1 saturated heterocycles. The van der Waals surface area contributed by atoms with E-state index in [-0.39, 0.29) is 11.9 Å². The number of carbonyl (C=O) groups excluding carboxylic acids is 2. The predicted octanol–water partition coefficient (Wildman–Crippen LogP) is 0.629. The molecule has 0 saturated carbocycles. The van der Waals surface area contributed by atoms with Gasteiger partial charge in [-0.1, -0.05) is 0 Å². The Morgan fingerprint density at radius 3 is 2.05 bits per heavy atom. The summed E-state index contributed by atoms with van der Waals surface area (Å²) in [4.78, 5) is 29.4. The Morgan fingerprint density at radius 2 is 1.58 bits per heavy atom. The molecule has 19 heavy (non-hydrogen) atoms. The zero-order valence-corrected chi connectivity index (χ0v) is 12.2. The van der Waals surface area contributed by atoms with E-state index in [4.69, 9.17) is 4.74 Å². The molecule has 1 aliphatic heterocycles. The van der Waals surface area contributed by atoms with Crippen LogP contribution in [0.25, 0.3) is 0 Å². The van der Waals surface area contributed by atoms with Gasteiger partial charge in [0.05, 0.1) is 13.0 Å². The molecule has 1 rings (SSSR count). The van der Waals surface area contributed by atoms with E-state index < -0.39 is 0 Å². The van der Waals surface area contributed by atoms with Crippen LogP contribution in [-0.4, -0.2) is 79.6 Å². The van der Waals surface area contributed by atoms with Gasteiger partial charge in [0.25, 0.3) is 0 Å². The molecule has 6 heteroatoms. The van der Waals surface area contributed by atoms with Crippen LogP contribution in [0.4, 0.5) is 4.79 Å². The summed E-state index contributed by atoms with van der Waals surface area (Å²) >= 11 is 0. The monoisotopic (exact) mass is 271 g/mol. The highest BCUT2D eigenvalue weighted by atomic mass is 16.5. The van der Waals surface area contributed by atoms with Crippen molar-refractivity contribution >= 4 is 11.9 Å². The van der Waals surface area contributed by atoms with Gasteiger partial charge < -0.3 is 19.4 Å². The van der Waals surface area contributed by atoms with Crippen LogP contribution in [0.2, 0.25) is 0 Å². The Balaban J connectivity index is 2.40. The van der Waals surface area contributed by atoms with Crippen LogP contribution >= 0.6 is 0 Å². The molecule has 0 bridgehead atoms. The molecule has 0 unspecified atom stereocenters. The van der Waals surface area contributed by atoms with Gasteiger partial charge in [0.15, 0.2) is 0 Å². The van der Waals surface area contributed by atoms with E-state index in [0.717, 1.165) is 13.1 Å². The molecular weight excluding hydrogens is 246 g/mol. The second kappa shape index (κ2) is 7.99. The largest absolute Gasteiger partial charge is 0.384 e. The van der Waals surface area contributed by atoms with Crippen molar-refractivity contribution in [3.8, 4) is 0 Å². The SMILES string of the molecule is CCN(CC)C(=O)N1CCN(C(=O)CCOC)CC1. The minimum Gasteiger partial charge on any atom is -0.384 e. The quantitative estimate of drug-likeness (QED) is 0.737. The molecule has 0 aromatic carbocycles. The lowest BCUT2D eigenvalue weighted by molar-refractivity contribution is -0.133. The van der Waals surface area contributed by atoms with Gasteiger partial charge in [0.2, 0.25) is 5.91 Å². The van der Waals surface area contributed by atoms with E-state index in [1.165, 1.54) is 0 Å². The smallest absolute Gasteiger partial charge is 0.320 e. The standard InChI is InChI=1S/C13H25N3O3/c1-4-14(5-2)13(18)16-9-7-15(8-10-16)12(17)6-11-19-3/h4-11H2,1-3H3. The van der Waals surface area contributed by atoms with E-state index in [9.17, 15) is 9.59 Å². The van der Waals surface area contributed by atoms with E-state index >= 15 is 0 Å². The molecule has 0 radical (unpaired) electrons. The molecule has 1 aliphatic rings. The normalized spacial score (nSPS) is 15.5. The summed E-state index contributed by atoms with van der Waals surface area (Å²) in [6.45, 7) is 8.34. The molecule has 1 heterocycles. The molecule has 0 aromatic rings. The number of ether oxygens (including phenoxy) is 1. The Labute approximate surface area is 115 Å². The van der Waals surface area contributed by atoms with E-state index in [1.54, 1.807) is 7.11 Å². The summed E-state index contributed by atoms with van der Waals surface area (Å²) in [7, 11) is 1.59. The van der Waals surface area contributed by atoms with Gasteiger partial charge in [-0.2, -0.15) is 0 Å². The highest BCUT2D eigenvalue weighted by Gasteiger charge is 2.25. The van der Waals surface area contributed by atoms with Crippen molar-refractivity contribution in [3.05, 3.63) is 0 Å². The predicted molar refractivity (Wildman–Crippen MR) is 73.0 cm³/mol. The summed E-state index contributed by atoms with van der Waals surface area (Å²) < 4.78 is 4.90. The van der Waals surface area contributed by atoms with Crippen molar-refractivity contribution in [2.45, 2.75) is 20.3 Å². The fourth-order valence-electron chi connectivity index (χ4n) is 2.19. The molecule has 0 atom stereocenters. The lowest BCUT2D eigenvalue weighted by atomic mass is 10.3. The molecule has 0 aromatic heterocycles. The Hall–Kier alpha value is -1.30. The first-order valence-electron chi connectivity index (χ1n) is 6.94. The fraction of sp³-hybridized carbons (Fsp3) is 0.846. The van der Waals surface area contributed by atoms with Gasteiger partial charge in [-0.3, -0.25) is 4.79 Å². The molecule has 0 N–H and O–H groups in total. The van der Waals surface area contributed by atoms with Gasteiger partial charge in [-0.05, 0) is 13.8 Å².